The summed E-state index contributed by atoms with van der Waals surface area (Å²) in [5.74, 6) is -0.912. The van der Waals surface area contributed by atoms with E-state index in [1.165, 1.54) is 25.1 Å². The van der Waals surface area contributed by atoms with Crippen molar-refractivity contribution in [1.82, 2.24) is 0 Å². The molecule has 1 aromatic rings. The summed E-state index contributed by atoms with van der Waals surface area (Å²) in [6, 6.07) is 4.15. The molecule has 0 aliphatic rings. The van der Waals surface area contributed by atoms with Gasteiger partial charge in [-0.2, -0.15) is 0 Å². The summed E-state index contributed by atoms with van der Waals surface area (Å²) < 4.78 is 35.7. The van der Waals surface area contributed by atoms with Crippen LogP contribution in [0.5, 0.6) is 0 Å². The Labute approximate surface area is 82.7 Å². The van der Waals surface area contributed by atoms with Gasteiger partial charge in [0.05, 0.1) is 5.75 Å². The Balaban J connectivity index is 3.09. The van der Waals surface area contributed by atoms with Crippen LogP contribution in [0.25, 0.3) is 0 Å². The monoisotopic (exact) mass is 217 g/mol. The molecule has 0 radical (unpaired) electrons. The highest BCUT2D eigenvalue weighted by molar-refractivity contribution is 7.90. The molecule has 0 spiro atoms. The molecule has 0 bridgehead atoms. The average molecular weight is 217 g/mol. The van der Waals surface area contributed by atoms with Gasteiger partial charge in [0.25, 0.3) is 0 Å². The second-order valence-electron chi connectivity index (χ2n) is 2.98. The fourth-order valence-electron chi connectivity index (χ4n) is 1.05. The van der Waals surface area contributed by atoms with E-state index in [1.807, 2.05) is 0 Å². The second kappa shape index (κ2) is 3.96. The molecule has 0 atom stereocenters. The van der Waals surface area contributed by atoms with Gasteiger partial charge in [-0.15, -0.1) is 0 Å². The van der Waals surface area contributed by atoms with Crippen molar-refractivity contribution in [1.29, 1.82) is 0 Å². The summed E-state index contributed by atoms with van der Waals surface area (Å²) >= 11 is 0. The van der Waals surface area contributed by atoms with E-state index < -0.39 is 15.7 Å². The minimum atomic E-state index is -3.24. The molecule has 0 amide bonds. The third kappa shape index (κ3) is 2.45. The minimum Gasteiger partial charge on any atom is -0.398 e. The standard InChI is InChI=1S/C9H12FNO2S/c1-2-14(12,13)6-7-8(10)4-3-5-9(7)11/h3-5H,2,6,11H2,1H3. The van der Waals surface area contributed by atoms with Crippen LogP contribution in [0, 0.1) is 5.82 Å². The Morgan fingerprint density at radius 3 is 2.57 bits per heavy atom. The van der Waals surface area contributed by atoms with Crippen LogP contribution in [0.15, 0.2) is 18.2 Å². The lowest BCUT2D eigenvalue weighted by molar-refractivity contribution is 0.588. The van der Waals surface area contributed by atoms with Crippen molar-refractivity contribution in [3.63, 3.8) is 0 Å². The predicted octanol–water partition coefficient (Wildman–Crippen LogP) is 1.34. The van der Waals surface area contributed by atoms with E-state index >= 15 is 0 Å². The first-order valence-electron chi connectivity index (χ1n) is 4.19. The van der Waals surface area contributed by atoms with Crippen LogP contribution in [-0.4, -0.2) is 14.2 Å². The zero-order valence-corrected chi connectivity index (χ0v) is 8.64. The van der Waals surface area contributed by atoms with E-state index in [0.29, 0.717) is 0 Å². The first kappa shape index (κ1) is 11.0. The van der Waals surface area contributed by atoms with Gasteiger partial charge in [-0.1, -0.05) is 13.0 Å². The van der Waals surface area contributed by atoms with Gasteiger partial charge in [0.2, 0.25) is 0 Å². The molecule has 0 fully saturated rings. The third-order valence-electron chi connectivity index (χ3n) is 1.96. The summed E-state index contributed by atoms with van der Waals surface area (Å²) in [4.78, 5) is 0. The fourth-order valence-corrected chi connectivity index (χ4v) is 2.00. The molecule has 3 nitrogen and oxygen atoms in total. The number of sulfone groups is 1. The quantitative estimate of drug-likeness (QED) is 0.777. The Morgan fingerprint density at radius 1 is 1.43 bits per heavy atom. The molecule has 0 aliphatic carbocycles. The topological polar surface area (TPSA) is 60.2 Å². The Morgan fingerprint density at radius 2 is 2.07 bits per heavy atom. The van der Waals surface area contributed by atoms with Gasteiger partial charge in [0, 0.05) is 17.0 Å². The lowest BCUT2D eigenvalue weighted by Crippen LogP contribution is -2.10. The van der Waals surface area contributed by atoms with Gasteiger partial charge in [-0.3, -0.25) is 0 Å². The highest BCUT2D eigenvalue weighted by atomic mass is 32.2. The summed E-state index contributed by atoms with van der Waals surface area (Å²) in [5.41, 5.74) is 5.73. The number of nitrogens with two attached hydrogens (primary N) is 1. The minimum absolute atomic E-state index is 0.0131. The normalized spacial score (nSPS) is 11.6. The van der Waals surface area contributed by atoms with Gasteiger partial charge in [-0.05, 0) is 12.1 Å². The van der Waals surface area contributed by atoms with Crippen molar-refractivity contribution in [3.8, 4) is 0 Å². The molecule has 0 saturated heterocycles. The van der Waals surface area contributed by atoms with Crippen molar-refractivity contribution in [2.45, 2.75) is 12.7 Å². The number of benzene rings is 1. The van der Waals surface area contributed by atoms with E-state index in [1.54, 1.807) is 0 Å². The Hall–Kier alpha value is -1.10. The zero-order chi connectivity index (χ0) is 10.8. The van der Waals surface area contributed by atoms with Crippen LogP contribution in [0.4, 0.5) is 10.1 Å². The third-order valence-corrected chi connectivity index (χ3v) is 3.57. The van der Waals surface area contributed by atoms with Crippen LogP contribution in [0.3, 0.4) is 0 Å². The molecule has 0 saturated carbocycles. The maximum absolute atomic E-state index is 13.2. The Bertz CT molecular complexity index is 408. The average Bonchev–Trinajstić information content (AvgIpc) is 2.12. The van der Waals surface area contributed by atoms with Crippen molar-refractivity contribution in [3.05, 3.63) is 29.6 Å². The summed E-state index contributed by atoms with van der Waals surface area (Å²) in [6.07, 6.45) is 0. The predicted molar refractivity (Wildman–Crippen MR) is 54.0 cm³/mol. The van der Waals surface area contributed by atoms with Gasteiger partial charge < -0.3 is 5.73 Å². The molecule has 0 unspecified atom stereocenters. The molecular formula is C9H12FNO2S. The number of hydrogen-bond acceptors (Lipinski definition) is 3. The van der Waals surface area contributed by atoms with Crippen molar-refractivity contribution in [2.24, 2.45) is 0 Å². The molecule has 0 aromatic heterocycles. The SMILES string of the molecule is CCS(=O)(=O)Cc1c(N)cccc1F. The first-order valence-corrected chi connectivity index (χ1v) is 6.01. The molecule has 0 heterocycles. The summed E-state index contributed by atoms with van der Waals surface area (Å²) in [6.45, 7) is 1.52. The van der Waals surface area contributed by atoms with Crippen LogP contribution < -0.4 is 5.73 Å². The summed E-state index contributed by atoms with van der Waals surface area (Å²) in [5, 5.41) is 0. The lowest BCUT2D eigenvalue weighted by atomic mass is 10.2. The first-order chi connectivity index (χ1) is 6.46. The van der Waals surface area contributed by atoms with Crippen molar-refractivity contribution < 1.29 is 12.8 Å². The van der Waals surface area contributed by atoms with E-state index in [0.717, 1.165) is 0 Å². The van der Waals surface area contributed by atoms with E-state index in [2.05, 4.69) is 0 Å². The molecule has 1 rings (SSSR count). The number of nitrogen functional groups attached to an aromatic ring is 1. The van der Waals surface area contributed by atoms with E-state index in [4.69, 9.17) is 5.73 Å². The Kier molecular flexibility index (Phi) is 3.10. The number of halogens is 1. The number of hydrogen-bond donors (Lipinski definition) is 1. The molecule has 5 heteroatoms. The van der Waals surface area contributed by atoms with Crippen LogP contribution in [0.2, 0.25) is 0 Å². The highest BCUT2D eigenvalue weighted by Gasteiger charge is 2.14. The molecular weight excluding hydrogens is 205 g/mol. The molecule has 2 N–H and O–H groups in total. The van der Waals surface area contributed by atoms with Gasteiger partial charge >= 0.3 is 0 Å². The molecule has 0 aliphatic heterocycles. The molecule has 14 heavy (non-hydrogen) atoms. The largest absolute Gasteiger partial charge is 0.398 e. The van der Waals surface area contributed by atoms with Gasteiger partial charge in [-0.25, -0.2) is 12.8 Å². The van der Waals surface area contributed by atoms with Crippen molar-refractivity contribution in [2.75, 3.05) is 11.5 Å². The van der Waals surface area contributed by atoms with E-state index in [-0.39, 0.29) is 22.8 Å². The molecule has 78 valence electrons. The maximum atomic E-state index is 13.2. The van der Waals surface area contributed by atoms with Crippen LogP contribution >= 0.6 is 0 Å². The smallest absolute Gasteiger partial charge is 0.154 e. The van der Waals surface area contributed by atoms with Crippen molar-refractivity contribution >= 4 is 15.5 Å². The summed E-state index contributed by atoms with van der Waals surface area (Å²) in [7, 11) is -3.24. The van der Waals surface area contributed by atoms with E-state index in [9.17, 15) is 12.8 Å². The number of rotatable bonds is 3. The lowest BCUT2D eigenvalue weighted by Gasteiger charge is -2.06. The maximum Gasteiger partial charge on any atom is 0.154 e. The van der Waals surface area contributed by atoms with Gasteiger partial charge in [0.1, 0.15) is 5.82 Å². The fraction of sp³-hybridized carbons (Fsp3) is 0.333. The second-order valence-corrected chi connectivity index (χ2v) is 5.34. The molecule has 1 aromatic carbocycles. The van der Waals surface area contributed by atoms with Gasteiger partial charge in [0.15, 0.2) is 9.84 Å². The number of anilines is 1. The highest BCUT2D eigenvalue weighted by Crippen LogP contribution is 2.18. The zero-order valence-electron chi connectivity index (χ0n) is 7.83. The van der Waals surface area contributed by atoms with Crippen LogP contribution in [-0.2, 0) is 15.6 Å². The van der Waals surface area contributed by atoms with Crippen LogP contribution in [0.1, 0.15) is 12.5 Å².